The average molecular weight is 267 g/mol. The van der Waals surface area contributed by atoms with Crippen molar-refractivity contribution in [3.05, 3.63) is 24.2 Å². The number of nitrogens with one attached hydrogen (secondary N) is 1. The Morgan fingerprint density at radius 2 is 2.28 bits per heavy atom. The van der Waals surface area contributed by atoms with E-state index in [1.165, 1.54) is 6.92 Å². The van der Waals surface area contributed by atoms with Crippen molar-refractivity contribution in [2.75, 3.05) is 5.75 Å². The molecular weight excluding hydrogens is 254 g/mol. The predicted molar refractivity (Wildman–Crippen MR) is 68.0 cm³/mol. The minimum absolute atomic E-state index is 0.0977. The van der Waals surface area contributed by atoms with Gasteiger partial charge in [0.2, 0.25) is 0 Å². The number of aromatic nitrogens is 3. The first kappa shape index (κ1) is 13.0. The van der Waals surface area contributed by atoms with Crippen LogP contribution in [0.1, 0.15) is 18.7 Å². The maximum absolute atomic E-state index is 10.8. The van der Waals surface area contributed by atoms with E-state index in [4.69, 9.17) is 0 Å². The van der Waals surface area contributed by atoms with Crippen LogP contribution in [0, 0.1) is 0 Å². The van der Waals surface area contributed by atoms with Crippen molar-refractivity contribution in [3.8, 4) is 0 Å². The number of rotatable bonds is 4. The van der Waals surface area contributed by atoms with Crippen LogP contribution < -0.4 is 0 Å². The molecule has 0 aliphatic rings. The number of carbonyl (C=O) groups excluding carboxylic acids is 1. The summed E-state index contributed by atoms with van der Waals surface area (Å²) in [6.45, 7) is 1.42. The molecule has 2 unspecified atom stereocenters. The predicted octanol–water partition coefficient (Wildman–Crippen LogP) is 0.632. The van der Waals surface area contributed by atoms with E-state index in [0.717, 1.165) is 22.7 Å². The first-order valence-electron chi connectivity index (χ1n) is 5.36. The average Bonchev–Trinajstić information content (AvgIpc) is 2.81. The number of fused-ring (bicyclic) bond motifs is 1. The van der Waals surface area contributed by atoms with E-state index >= 15 is 0 Å². The zero-order chi connectivity index (χ0) is 13.1. The summed E-state index contributed by atoms with van der Waals surface area (Å²) in [7, 11) is 0. The molecule has 0 aromatic carbocycles. The van der Waals surface area contributed by atoms with Gasteiger partial charge in [-0.05, 0) is 6.07 Å². The lowest BCUT2D eigenvalue weighted by atomic mass is 10.1. The molecule has 2 aromatic heterocycles. The fraction of sp³-hybridized carbons (Fsp3) is 0.364. The molecular formula is C11H13N3O3S. The highest BCUT2D eigenvalue weighted by atomic mass is 32.2. The number of hydrogen-bond acceptors (Lipinski definition) is 6. The number of nitrogens with zero attached hydrogens (tertiary/aromatic N) is 2. The SMILES string of the molecule is CC(=O)SCC(O)C(O)c1cc2cn[nH]c2cn1. The normalized spacial score (nSPS) is 14.6. The lowest BCUT2D eigenvalue weighted by molar-refractivity contribution is -0.109. The van der Waals surface area contributed by atoms with Gasteiger partial charge in [0, 0.05) is 18.1 Å². The van der Waals surface area contributed by atoms with Crippen LogP contribution in [0.5, 0.6) is 0 Å². The van der Waals surface area contributed by atoms with Gasteiger partial charge in [-0.2, -0.15) is 5.10 Å². The largest absolute Gasteiger partial charge is 0.389 e. The number of pyridine rings is 1. The second kappa shape index (κ2) is 5.47. The van der Waals surface area contributed by atoms with Gasteiger partial charge in [-0.3, -0.25) is 14.9 Å². The van der Waals surface area contributed by atoms with Crippen molar-refractivity contribution in [2.45, 2.75) is 19.1 Å². The van der Waals surface area contributed by atoms with Crippen LogP contribution in [0.25, 0.3) is 10.9 Å². The highest BCUT2D eigenvalue weighted by Gasteiger charge is 2.20. The van der Waals surface area contributed by atoms with Gasteiger partial charge in [-0.15, -0.1) is 0 Å². The molecule has 0 aliphatic carbocycles. The van der Waals surface area contributed by atoms with E-state index in [1.807, 2.05) is 0 Å². The monoisotopic (exact) mass is 267 g/mol. The molecule has 7 heteroatoms. The molecule has 0 saturated carbocycles. The van der Waals surface area contributed by atoms with Crippen LogP contribution in [-0.2, 0) is 4.79 Å². The number of thioether (sulfide) groups is 1. The third-order valence-electron chi connectivity index (χ3n) is 2.47. The maximum atomic E-state index is 10.8. The van der Waals surface area contributed by atoms with Gasteiger partial charge in [-0.25, -0.2) is 0 Å². The molecule has 18 heavy (non-hydrogen) atoms. The van der Waals surface area contributed by atoms with E-state index in [0.29, 0.717) is 5.69 Å². The van der Waals surface area contributed by atoms with E-state index in [1.54, 1.807) is 18.5 Å². The Morgan fingerprint density at radius 3 is 3.00 bits per heavy atom. The summed E-state index contributed by atoms with van der Waals surface area (Å²) in [5.74, 6) is 0.140. The quantitative estimate of drug-likeness (QED) is 0.751. The maximum Gasteiger partial charge on any atom is 0.185 e. The zero-order valence-corrected chi connectivity index (χ0v) is 10.5. The van der Waals surface area contributed by atoms with Crippen molar-refractivity contribution >= 4 is 27.8 Å². The molecule has 2 aromatic rings. The number of aliphatic hydroxyl groups is 2. The van der Waals surface area contributed by atoms with Crippen molar-refractivity contribution < 1.29 is 15.0 Å². The van der Waals surface area contributed by atoms with Crippen molar-refractivity contribution in [2.24, 2.45) is 0 Å². The van der Waals surface area contributed by atoms with Crippen LogP contribution in [-0.4, -0.2) is 42.4 Å². The van der Waals surface area contributed by atoms with E-state index in [-0.39, 0.29) is 10.9 Å². The summed E-state index contributed by atoms with van der Waals surface area (Å²) in [5, 5.41) is 27.0. The summed E-state index contributed by atoms with van der Waals surface area (Å²) < 4.78 is 0. The van der Waals surface area contributed by atoms with Crippen LogP contribution in [0.2, 0.25) is 0 Å². The summed E-state index contributed by atoms with van der Waals surface area (Å²) >= 11 is 0.972. The fourth-order valence-corrected chi connectivity index (χ4v) is 2.10. The highest BCUT2D eigenvalue weighted by molar-refractivity contribution is 8.13. The molecule has 2 rings (SSSR count). The summed E-state index contributed by atoms with van der Waals surface area (Å²) in [5.41, 5.74) is 1.12. The van der Waals surface area contributed by atoms with Gasteiger partial charge in [0.05, 0.1) is 29.7 Å². The lowest BCUT2D eigenvalue weighted by Crippen LogP contribution is -2.22. The lowest BCUT2D eigenvalue weighted by Gasteiger charge is -2.16. The van der Waals surface area contributed by atoms with Crippen molar-refractivity contribution in [1.29, 1.82) is 0 Å². The second-order valence-corrected chi connectivity index (χ2v) is 5.08. The molecule has 0 aliphatic heterocycles. The van der Waals surface area contributed by atoms with E-state index in [9.17, 15) is 15.0 Å². The number of aromatic amines is 1. The summed E-state index contributed by atoms with van der Waals surface area (Å²) in [4.78, 5) is 14.8. The molecule has 0 amide bonds. The Labute approximate surface area is 107 Å². The van der Waals surface area contributed by atoms with E-state index < -0.39 is 12.2 Å². The third-order valence-corrected chi connectivity index (χ3v) is 3.39. The number of hydrogen-bond donors (Lipinski definition) is 3. The molecule has 0 bridgehead atoms. The van der Waals surface area contributed by atoms with Gasteiger partial charge in [0.15, 0.2) is 5.12 Å². The van der Waals surface area contributed by atoms with Gasteiger partial charge < -0.3 is 10.2 Å². The Bertz CT molecular complexity index is 557. The molecule has 0 spiro atoms. The van der Waals surface area contributed by atoms with Gasteiger partial charge in [-0.1, -0.05) is 11.8 Å². The minimum Gasteiger partial charge on any atom is -0.389 e. The first-order chi connectivity index (χ1) is 8.58. The highest BCUT2D eigenvalue weighted by Crippen LogP contribution is 2.21. The zero-order valence-electron chi connectivity index (χ0n) is 9.70. The number of aliphatic hydroxyl groups excluding tert-OH is 2. The van der Waals surface area contributed by atoms with Gasteiger partial charge in [0.25, 0.3) is 0 Å². The number of H-pyrrole nitrogens is 1. The van der Waals surface area contributed by atoms with Crippen LogP contribution in [0.3, 0.4) is 0 Å². The van der Waals surface area contributed by atoms with Crippen molar-refractivity contribution in [3.63, 3.8) is 0 Å². The number of carbonyl (C=O) groups is 1. The topological polar surface area (TPSA) is 99.1 Å². The van der Waals surface area contributed by atoms with Crippen LogP contribution in [0.4, 0.5) is 0 Å². The fourth-order valence-electron chi connectivity index (χ4n) is 1.51. The molecule has 0 fully saturated rings. The Morgan fingerprint density at radius 1 is 1.50 bits per heavy atom. The minimum atomic E-state index is -1.11. The molecule has 6 nitrogen and oxygen atoms in total. The van der Waals surface area contributed by atoms with E-state index in [2.05, 4.69) is 15.2 Å². The first-order valence-corrected chi connectivity index (χ1v) is 6.35. The molecule has 0 radical (unpaired) electrons. The van der Waals surface area contributed by atoms with Crippen LogP contribution >= 0.6 is 11.8 Å². The molecule has 96 valence electrons. The smallest absolute Gasteiger partial charge is 0.185 e. The van der Waals surface area contributed by atoms with Gasteiger partial charge in [0.1, 0.15) is 6.10 Å². The summed E-state index contributed by atoms with van der Waals surface area (Å²) in [6, 6.07) is 1.66. The Kier molecular flexibility index (Phi) is 3.95. The van der Waals surface area contributed by atoms with Gasteiger partial charge >= 0.3 is 0 Å². The second-order valence-electron chi connectivity index (χ2n) is 3.88. The standard InChI is InChI=1S/C11H13N3O3S/c1-6(15)18-5-10(16)11(17)8-2-7-3-13-14-9(7)4-12-8/h2-4,10-11,16-17H,5H2,1H3,(H,13,14). The molecule has 2 atom stereocenters. The third kappa shape index (κ3) is 2.87. The molecule has 0 saturated heterocycles. The van der Waals surface area contributed by atoms with Crippen molar-refractivity contribution in [1.82, 2.24) is 15.2 Å². The van der Waals surface area contributed by atoms with Crippen LogP contribution in [0.15, 0.2) is 18.5 Å². The molecule has 2 heterocycles. The Balaban J connectivity index is 2.11. The Hall–Kier alpha value is -1.44. The summed E-state index contributed by atoms with van der Waals surface area (Å²) in [6.07, 6.45) is 1.02. The molecule has 3 N–H and O–H groups in total.